The molecule has 3 N–H and O–H groups in total. The van der Waals surface area contributed by atoms with Crippen molar-refractivity contribution in [1.29, 1.82) is 0 Å². The number of aliphatic hydroxyl groups excluding tert-OH is 2. The van der Waals surface area contributed by atoms with E-state index in [0.717, 1.165) is 36.3 Å². The van der Waals surface area contributed by atoms with Gasteiger partial charge in [0, 0.05) is 30.1 Å². The van der Waals surface area contributed by atoms with Gasteiger partial charge in [0.15, 0.2) is 0 Å². The molecule has 2 fully saturated rings. The standard InChI is InChI=1S/C29H37N3O4/c1-21-5-7-23(8-6-21)9-10-24-11-13-25(14-12-24)19-32-27(26(20-33)28(36-32)22(2)34)29(35)30-15-18-31-16-3-4-17-31/h5-8,11-14,22,26-28,33-34H,3-4,15-20H2,1-2H3,(H,30,35)/t22-,26-,27-,28-/m0/s1. The molecule has 2 aliphatic heterocycles. The van der Waals surface area contributed by atoms with Crippen molar-refractivity contribution in [3.8, 4) is 11.8 Å². The summed E-state index contributed by atoms with van der Waals surface area (Å²) in [7, 11) is 0. The van der Waals surface area contributed by atoms with E-state index in [1.54, 1.807) is 12.0 Å². The maximum atomic E-state index is 13.2. The molecule has 2 saturated heterocycles. The minimum atomic E-state index is -0.813. The van der Waals surface area contributed by atoms with Crippen LogP contribution in [0.25, 0.3) is 0 Å². The summed E-state index contributed by atoms with van der Waals surface area (Å²) >= 11 is 0. The summed E-state index contributed by atoms with van der Waals surface area (Å²) in [6.07, 6.45) is 0.949. The van der Waals surface area contributed by atoms with Crippen LogP contribution in [0.3, 0.4) is 0 Å². The Bertz CT molecular complexity index is 1050. The number of carbonyl (C=O) groups excluding carboxylic acids is 1. The van der Waals surface area contributed by atoms with E-state index < -0.39 is 24.2 Å². The maximum Gasteiger partial charge on any atom is 0.240 e. The van der Waals surface area contributed by atoms with Crippen molar-refractivity contribution in [3.05, 3.63) is 70.8 Å². The number of rotatable bonds is 8. The highest BCUT2D eigenvalue weighted by Crippen LogP contribution is 2.31. The first kappa shape index (κ1) is 26.3. The molecule has 0 unspecified atom stereocenters. The number of likely N-dealkylation sites (tertiary alicyclic amines) is 1. The zero-order valence-corrected chi connectivity index (χ0v) is 21.2. The Morgan fingerprint density at radius 1 is 1.08 bits per heavy atom. The van der Waals surface area contributed by atoms with Gasteiger partial charge in [-0.05, 0) is 69.6 Å². The fraction of sp³-hybridized carbons (Fsp3) is 0.483. The van der Waals surface area contributed by atoms with Crippen molar-refractivity contribution in [2.24, 2.45) is 5.92 Å². The minimum absolute atomic E-state index is 0.183. The molecule has 2 aromatic carbocycles. The van der Waals surface area contributed by atoms with Gasteiger partial charge in [-0.3, -0.25) is 9.63 Å². The van der Waals surface area contributed by atoms with Crippen molar-refractivity contribution >= 4 is 5.91 Å². The normalized spacial score (nSPS) is 23.3. The Balaban J connectivity index is 1.42. The van der Waals surface area contributed by atoms with Gasteiger partial charge in [0.1, 0.15) is 12.1 Å². The average Bonchev–Trinajstić information content (AvgIpc) is 3.52. The molecule has 1 amide bonds. The zero-order valence-electron chi connectivity index (χ0n) is 21.2. The average molecular weight is 492 g/mol. The van der Waals surface area contributed by atoms with E-state index in [0.29, 0.717) is 13.1 Å². The third kappa shape index (κ3) is 6.73. The highest BCUT2D eigenvalue weighted by molar-refractivity contribution is 5.82. The number of aryl methyl sites for hydroxylation is 1. The minimum Gasteiger partial charge on any atom is -0.396 e. The van der Waals surface area contributed by atoms with Gasteiger partial charge < -0.3 is 20.4 Å². The second kappa shape index (κ2) is 12.5. The second-order valence-electron chi connectivity index (χ2n) is 9.83. The number of hydrogen-bond donors (Lipinski definition) is 3. The molecule has 192 valence electrons. The Morgan fingerprint density at radius 2 is 1.69 bits per heavy atom. The quantitative estimate of drug-likeness (QED) is 0.491. The SMILES string of the molecule is Cc1ccc(C#Cc2ccc(CN3O[C@@H]([C@H](C)O)[C@@H](CO)[C@H]3C(=O)NCCN3CCCC3)cc2)cc1. The lowest BCUT2D eigenvalue weighted by Gasteiger charge is -2.25. The smallest absolute Gasteiger partial charge is 0.240 e. The zero-order chi connectivity index (χ0) is 25.5. The number of nitrogens with zero attached hydrogens (tertiary/aromatic N) is 2. The molecule has 7 heteroatoms. The molecular weight excluding hydrogens is 454 g/mol. The molecule has 2 aromatic rings. The summed E-state index contributed by atoms with van der Waals surface area (Å²) < 4.78 is 0. The Hall–Kier alpha value is -2.73. The van der Waals surface area contributed by atoms with Crippen molar-refractivity contribution in [3.63, 3.8) is 0 Å². The predicted octanol–water partition coefficient (Wildman–Crippen LogP) is 2.08. The van der Waals surface area contributed by atoms with Crippen molar-refractivity contribution in [1.82, 2.24) is 15.3 Å². The van der Waals surface area contributed by atoms with E-state index in [9.17, 15) is 15.0 Å². The van der Waals surface area contributed by atoms with Gasteiger partial charge in [-0.25, -0.2) is 0 Å². The molecule has 4 rings (SSSR count). The number of amides is 1. The van der Waals surface area contributed by atoms with Gasteiger partial charge in [0.05, 0.1) is 19.3 Å². The summed E-state index contributed by atoms with van der Waals surface area (Å²) in [5.41, 5.74) is 4.02. The Morgan fingerprint density at radius 3 is 2.28 bits per heavy atom. The number of hydrogen-bond acceptors (Lipinski definition) is 6. The van der Waals surface area contributed by atoms with E-state index in [1.165, 1.54) is 18.4 Å². The van der Waals surface area contributed by atoms with Crippen LogP contribution in [0, 0.1) is 24.7 Å². The van der Waals surface area contributed by atoms with E-state index in [-0.39, 0.29) is 12.5 Å². The summed E-state index contributed by atoms with van der Waals surface area (Å²) in [5.74, 6) is 5.66. The molecule has 0 saturated carbocycles. The van der Waals surface area contributed by atoms with Gasteiger partial charge in [0.2, 0.25) is 5.91 Å². The molecule has 0 radical (unpaired) electrons. The predicted molar refractivity (Wildman–Crippen MR) is 139 cm³/mol. The van der Waals surface area contributed by atoms with Gasteiger partial charge >= 0.3 is 0 Å². The summed E-state index contributed by atoms with van der Waals surface area (Å²) in [4.78, 5) is 21.5. The van der Waals surface area contributed by atoms with Crippen molar-refractivity contribution in [2.75, 3.05) is 32.8 Å². The Labute approximate surface area is 214 Å². The fourth-order valence-corrected chi connectivity index (χ4v) is 4.91. The largest absolute Gasteiger partial charge is 0.396 e. The van der Waals surface area contributed by atoms with Crippen LogP contribution < -0.4 is 5.32 Å². The molecule has 4 atom stereocenters. The van der Waals surface area contributed by atoms with Gasteiger partial charge in [-0.1, -0.05) is 41.7 Å². The monoisotopic (exact) mass is 491 g/mol. The molecule has 36 heavy (non-hydrogen) atoms. The molecule has 0 bridgehead atoms. The molecule has 0 spiro atoms. The summed E-state index contributed by atoms with van der Waals surface area (Å²) in [6, 6.07) is 15.3. The lowest BCUT2D eigenvalue weighted by Crippen LogP contribution is -2.48. The molecular formula is C29H37N3O4. The van der Waals surface area contributed by atoms with E-state index in [1.807, 2.05) is 48.5 Å². The third-order valence-corrected chi connectivity index (χ3v) is 6.97. The first-order chi connectivity index (χ1) is 17.4. The first-order valence-corrected chi connectivity index (χ1v) is 12.8. The van der Waals surface area contributed by atoms with Crippen LogP contribution in [0.4, 0.5) is 0 Å². The number of carbonyl (C=O) groups is 1. The van der Waals surface area contributed by atoms with Crippen molar-refractivity contribution in [2.45, 2.75) is 51.5 Å². The highest BCUT2D eigenvalue weighted by Gasteiger charge is 2.48. The number of nitrogens with one attached hydrogen (secondary N) is 1. The first-order valence-electron chi connectivity index (χ1n) is 12.8. The Kier molecular flexibility index (Phi) is 9.13. The lowest BCUT2D eigenvalue weighted by molar-refractivity contribution is -0.192. The molecule has 7 nitrogen and oxygen atoms in total. The summed E-state index contributed by atoms with van der Waals surface area (Å²) in [5, 5.41) is 24.9. The van der Waals surface area contributed by atoms with Crippen LogP contribution >= 0.6 is 0 Å². The van der Waals surface area contributed by atoms with Crippen LogP contribution in [0.5, 0.6) is 0 Å². The third-order valence-electron chi connectivity index (χ3n) is 6.97. The number of hydroxylamine groups is 2. The van der Waals surface area contributed by atoms with E-state index in [4.69, 9.17) is 4.84 Å². The van der Waals surface area contributed by atoms with Gasteiger partial charge in [-0.15, -0.1) is 0 Å². The topological polar surface area (TPSA) is 85.3 Å². The van der Waals surface area contributed by atoms with Crippen LogP contribution in [0.1, 0.15) is 42.0 Å². The van der Waals surface area contributed by atoms with E-state index in [2.05, 4.69) is 29.0 Å². The van der Waals surface area contributed by atoms with Crippen LogP contribution in [-0.2, 0) is 16.2 Å². The molecule has 2 aliphatic rings. The number of benzene rings is 2. The van der Waals surface area contributed by atoms with Crippen LogP contribution in [-0.4, -0.2) is 77.1 Å². The van der Waals surface area contributed by atoms with Gasteiger partial charge in [0.25, 0.3) is 0 Å². The maximum absolute atomic E-state index is 13.2. The molecule has 0 aliphatic carbocycles. The second-order valence-corrected chi connectivity index (χ2v) is 9.83. The molecule has 2 heterocycles. The van der Waals surface area contributed by atoms with Crippen LogP contribution in [0.15, 0.2) is 48.5 Å². The fourth-order valence-electron chi connectivity index (χ4n) is 4.91. The van der Waals surface area contributed by atoms with E-state index >= 15 is 0 Å². The lowest BCUT2D eigenvalue weighted by atomic mass is 9.92. The summed E-state index contributed by atoms with van der Waals surface area (Å²) in [6.45, 7) is 7.30. The van der Waals surface area contributed by atoms with Crippen LogP contribution in [0.2, 0.25) is 0 Å². The number of aliphatic hydroxyl groups is 2. The van der Waals surface area contributed by atoms with Crippen molar-refractivity contribution < 1.29 is 19.8 Å². The van der Waals surface area contributed by atoms with Gasteiger partial charge in [-0.2, -0.15) is 5.06 Å². The highest BCUT2D eigenvalue weighted by atomic mass is 16.7. The molecule has 0 aromatic heterocycles.